The van der Waals surface area contributed by atoms with Gasteiger partial charge in [0.25, 0.3) is 11.8 Å². The molecule has 2 amide bonds. The van der Waals surface area contributed by atoms with Crippen LogP contribution in [0.1, 0.15) is 32.0 Å². The lowest BCUT2D eigenvalue weighted by Crippen LogP contribution is -2.15. The molecule has 0 atom stereocenters. The van der Waals surface area contributed by atoms with Crippen molar-refractivity contribution in [3.63, 3.8) is 0 Å². The first-order chi connectivity index (χ1) is 12.6. The van der Waals surface area contributed by atoms with Crippen LogP contribution in [0.3, 0.4) is 0 Å². The van der Waals surface area contributed by atoms with Crippen molar-refractivity contribution < 1.29 is 14.1 Å². The fourth-order valence-electron chi connectivity index (χ4n) is 2.27. The molecule has 3 rings (SSSR count). The summed E-state index contributed by atoms with van der Waals surface area (Å²) in [5, 5.41) is 18.0. The Morgan fingerprint density at radius 1 is 1.00 bits per heavy atom. The van der Waals surface area contributed by atoms with Gasteiger partial charge in [0.15, 0.2) is 5.82 Å². The molecule has 0 saturated carbocycles. The van der Waals surface area contributed by atoms with Gasteiger partial charge in [0, 0.05) is 17.2 Å². The van der Waals surface area contributed by atoms with Gasteiger partial charge in [-0.1, -0.05) is 17.3 Å². The van der Waals surface area contributed by atoms with Gasteiger partial charge in [-0.15, -0.1) is 0 Å². The Morgan fingerprint density at radius 3 is 2.19 bits per heavy atom. The normalized spacial score (nSPS) is 10.0. The molecule has 0 unspecified atom stereocenters. The number of nitrogens with zero attached hydrogens (tertiary/aromatic N) is 2. The topological polar surface area (TPSA) is 108 Å². The summed E-state index contributed by atoms with van der Waals surface area (Å²) in [6.45, 7) is 1.72. The summed E-state index contributed by atoms with van der Waals surface area (Å²) in [5.74, 6) is 0.180. The number of aromatic nitrogens is 1. The van der Waals surface area contributed by atoms with Gasteiger partial charge in [0.1, 0.15) is 11.8 Å². The summed E-state index contributed by atoms with van der Waals surface area (Å²) in [7, 11) is 0. The van der Waals surface area contributed by atoms with Crippen molar-refractivity contribution >= 4 is 23.3 Å². The van der Waals surface area contributed by atoms with Crippen LogP contribution in [0.4, 0.5) is 11.5 Å². The number of para-hydroxylation sites is 1. The predicted octanol–water partition coefficient (Wildman–Crippen LogP) is 3.36. The molecule has 128 valence electrons. The van der Waals surface area contributed by atoms with E-state index in [1.165, 1.54) is 24.3 Å². The Kier molecular flexibility index (Phi) is 4.76. The predicted molar refractivity (Wildman–Crippen MR) is 94.7 cm³/mol. The molecule has 0 aliphatic rings. The van der Waals surface area contributed by atoms with E-state index in [1.807, 2.05) is 6.07 Å². The van der Waals surface area contributed by atoms with Crippen molar-refractivity contribution in [2.75, 3.05) is 10.6 Å². The molecule has 0 aliphatic carbocycles. The van der Waals surface area contributed by atoms with Gasteiger partial charge >= 0.3 is 0 Å². The van der Waals surface area contributed by atoms with Gasteiger partial charge in [-0.2, -0.15) is 5.26 Å². The molecule has 0 bridgehead atoms. The molecule has 1 aromatic heterocycles. The number of anilines is 2. The summed E-state index contributed by atoms with van der Waals surface area (Å²) in [4.78, 5) is 24.5. The van der Waals surface area contributed by atoms with Crippen LogP contribution in [-0.4, -0.2) is 17.0 Å². The number of nitrogens with one attached hydrogen (secondary N) is 2. The third-order valence-electron chi connectivity index (χ3n) is 3.57. The minimum Gasteiger partial charge on any atom is -0.360 e. The van der Waals surface area contributed by atoms with E-state index in [1.54, 1.807) is 37.3 Å². The molecule has 2 aromatic carbocycles. The molecule has 3 aromatic rings. The fraction of sp³-hybridized carbons (Fsp3) is 0.0526. The second kappa shape index (κ2) is 7.32. The van der Waals surface area contributed by atoms with Gasteiger partial charge in [-0.05, 0) is 43.3 Å². The third kappa shape index (κ3) is 3.76. The van der Waals surface area contributed by atoms with Gasteiger partial charge in [-0.25, -0.2) is 0 Å². The van der Waals surface area contributed by atoms with Gasteiger partial charge in [-0.3, -0.25) is 9.59 Å². The number of carbonyl (C=O) groups is 2. The van der Waals surface area contributed by atoms with E-state index >= 15 is 0 Å². The summed E-state index contributed by atoms with van der Waals surface area (Å²) in [5.41, 5.74) is 1.55. The lowest BCUT2D eigenvalue weighted by atomic mass is 10.1. The lowest BCUT2D eigenvalue weighted by molar-refractivity contribution is 0.101. The van der Waals surface area contributed by atoms with E-state index in [0.717, 1.165) is 0 Å². The molecular weight excluding hydrogens is 332 g/mol. The number of amides is 2. The van der Waals surface area contributed by atoms with Crippen molar-refractivity contribution in [1.29, 1.82) is 5.26 Å². The van der Waals surface area contributed by atoms with E-state index in [0.29, 0.717) is 34.0 Å². The van der Waals surface area contributed by atoms with Crippen molar-refractivity contribution in [3.05, 3.63) is 77.0 Å². The maximum atomic E-state index is 12.3. The molecule has 2 N–H and O–H groups in total. The summed E-state index contributed by atoms with van der Waals surface area (Å²) >= 11 is 0. The highest BCUT2D eigenvalue weighted by atomic mass is 16.5. The van der Waals surface area contributed by atoms with E-state index in [2.05, 4.69) is 15.8 Å². The average Bonchev–Trinajstić information content (AvgIpc) is 3.07. The number of carbonyl (C=O) groups excluding carboxylic acids is 2. The second-order valence-electron chi connectivity index (χ2n) is 5.47. The van der Waals surface area contributed by atoms with Crippen LogP contribution in [-0.2, 0) is 0 Å². The van der Waals surface area contributed by atoms with Crippen molar-refractivity contribution in [3.8, 4) is 6.07 Å². The highest BCUT2D eigenvalue weighted by Gasteiger charge is 2.12. The SMILES string of the molecule is Cc1cc(NC(=O)c2ccc(C(=O)Nc3ccccc3C#N)cc2)no1. The molecule has 0 radical (unpaired) electrons. The first-order valence-electron chi connectivity index (χ1n) is 7.72. The van der Waals surface area contributed by atoms with E-state index < -0.39 is 0 Å². The lowest BCUT2D eigenvalue weighted by Gasteiger charge is -2.07. The average molecular weight is 346 g/mol. The van der Waals surface area contributed by atoms with Gasteiger partial charge < -0.3 is 15.2 Å². The van der Waals surface area contributed by atoms with Gasteiger partial charge in [0.2, 0.25) is 0 Å². The quantitative estimate of drug-likeness (QED) is 0.753. The van der Waals surface area contributed by atoms with E-state index in [-0.39, 0.29) is 11.8 Å². The zero-order chi connectivity index (χ0) is 18.5. The highest BCUT2D eigenvalue weighted by Crippen LogP contribution is 2.16. The van der Waals surface area contributed by atoms with Crippen LogP contribution in [0.15, 0.2) is 59.1 Å². The largest absolute Gasteiger partial charge is 0.360 e. The Bertz CT molecular complexity index is 1000. The van der Waals surface area contributed by atoms with Crippen LogP contribution in [0.25, 0.3) is 0 Å². The number of benzene rings is 2. The Balaban J connectivity index is 1.69. The number of aryl methyl sites for hydroxylation is 1. The Labute approximate surface area is 149 Å². The van der Waals surface area contributed by atoms with Crippen LogP contribution in [0.5, 0.6) is 0 Å². The fourth-order valence-corrected chi connectivity index (χ4v) is 2.27. The highest BCUT2D eigenvalue weighted by molar-refractivity contribution is 6.07. The first-order valence-corrected chi connectivity index (χ1v) is 7.72. The first kappa shape index (κ1) is 16.9. The maximum absolute atomic E-state index is 12.3. The molecule has 1 heterocycles. The molecule has 7 heteroatoms. The molecule has 0 saturated heterocycles. The van der Waals surface area contributed by atoms with Crippen LogP contribution in [0, 0.1) is 18.3 Å². The zero-order valence-electron chi connectivity index (χ0n) is 13.8. The molecule has 7 nitrogen and oxygen atoms in total. The molecule has 0 aliphatic heterocycles. The van der Waals surface area contributed by atoms with E-state index in [9.17, 15) is 9.59 Å². The minimum absolute atomic E-state index is 0.322. The summed E-state index contributed by atoms with van der Waals surface area (Å²) in [6, 6.07) is 16.5. The molecular formula is C19H14N4O3. The summed E-state index contributed by atoms with van der Waals surface area (Å²) < 4.78 is 4.89. The Hall–Kier alpha value is -3.92. The van der Waals surface area contributed by atoms with Gasteiger partial charge in [0.05, 0.1) is 11.3 Å². The Morgan fingerprint density at radius 2 is 1.62 bits per heavy atom. The van der Waals surface area contributed by atoms with E-state index in [4.69, 9.17) is 9.78 Å². The second-order valence-corrected chi connectivity index (χ2v) is 5.47. The third-order valence-corrected chi connectivity index (χ3v) is 3.57. The molecule has 26 heavy (non-hydrogen) atoms. The summed E-state index contributed by atoms with van der Waals surface area (Å²) in [6.07, 6.45) is 0. The van der Waals surface area contributed by atoms with Crippen molar-refractivity contribution in [2.24, 2.45) is 0 Å². The number of rotatable bonds is 4. The zero-order valence-corrected chi connectivity index (χ0v) is 13.8. The molecule has 0 fully saturated rings. The van der Waals surface area contributed by atoms with Crippen LogP contribution >= 0.6 is 0 Å². The van der Waals surface area contributed by atoms with Crippen molar-refractivity contribution in [2.45, 2.75) is 6.92 Å². The number of nitriles is 1. The number of hydrogen-bond acceptors (Lipinski definition) is 5. The maximum Gasteiger partial charge on any atom is 0.256 e. The van der Waals surface area contributed by atoms with Crippen LogP contribution in [0.2, 0.25) is 0 Å². The number of hydrogen-bond donors (Lipinski definition) is 2. The standard InChI is InChI=1S/C19H14N4O3/c1-12-10-17(23-26-12)22-19(25)14-8-6-13(7-9-14)18(24)21-16-5-3-2-4-15(16)11-20/h2-10H,1H3,(H,21,24)(H,22,23,25). The monoisotopic (exact) mass is 346 g/mol. The minimum atomic E-state index is -0.369. The van der Waals surface area contributed by atoms with Crippen molar-refractivity contribution in [1.82, 2.24) is 5.16 Å². The molecule has 0 spiro atoms. The van der Waals surface area contributed by atoms with Crippen LogP contribution < -0.4 is 10.6 Å². The smallest absolute Gasteiger partial charge is 0.256 e.